The van der Waals surface area contributed by atoms with Crippen LogP contribution in [0.4, 0.5) is 5.69 Å². The minimum Gasteiger partial charge on any atom is -0.379 e. The number of nitrogens with one attached hydrogen (secondary N) is 1. The lowest BCUT2D eigenvalue weighted by Crippen LogP contribution is -2.19. The lowest BCUT2D eigenvalue weighted by molar-refractivity contribution is 0.754. The Morgan fingerprint density at radius 2 is 1.57 bits per heavy atom. The third kappa shape index (κ3) is 6.57. The molecule has 1 N–H and O–H groups in total. The summed E-state index contributed by atoms with van der Waals surface area (Å²) in [4.78, 5) is 0. The summed E-state index contributed by atoms with van der Waals surface area (Å²) >= 11 is 0. The van der Waals surface area contributed by atoms with Gasteiger partial charge in [0.15, 0.2) is 0 Å². The molecule has 4 rings (SSSR count). The normalized spacial score (nSPS) is 19.9. The van der Waals surface area contributed by atoms with Crippen molar-refractivity contribution < 1.29 is 0 Å². The summed E-state index contributed by atoms with van der Waals surface area (Å²) in [6.45, 7) is 11.8. The maximum Gasteiger partial charge on any atom is 0.0482 e. The Labute approximate surface area is 223 Å². The van der Waals surface area contributed by atoms with Crippen LogP contribution >= 0.6 is 0 Å². The first-order valence-corrected chi connectivity index (χ1v) is 13.1. The SMILES string of the molecule is C=C/C=C(\C=C)C1=CCC(C2=CCC(Nc3ccc(-c4ccc(C(/C=C\C)=C/C)cc4)cc3)C=C2)C=C1. The molecule has 2 aliphatic rings. The quantitative estimate of drug-likeness (QED) is 0.350. The van der Waals surface area contributed by atoms with E-state index in [1.807, 2.05) is 18.2 Å². The zero-order chi connectivity index (χ0) is 26.0. The zero-order valence-electron chi connectivity index (χ0n) is 22.0. The van der Waals surface area contributed by atoms with Gasteiger partial charge in [-0.25, -0.2) is 0 Å². The van der Waals surface area contributed by atoms with Crippen molar-refractivity contribution in [3.63, 3.8) is 0 Å². The van der Waals surface area contributed by atoms with Crippen LogP contribution in [0.2, 0.25) is 0 Å². The fourth-order valence-corrected chi connectivity index (χ4v) is 4.88. The first-order valence-electron chi connectivity index (χ1n) is 13.1. The molecule has 186 valence electrons. The molecule has 2 aromatic rings. The summed E-state index contributed by atoms with van der Waals surface area (Å²) in [5, 5.41) is 3.67. The van der Waals surface area contributed by atoms with Gasteiger partial charge in [-0.2, -0.15) is 0 Å². The van der Waals surface area contributed by atoms with Crippen LogP contribution in [-0.4, -0.2) is 6.04 Å². The van der Waals surface area contributed by atoms with Crippen molar-refractivity contribution in [2.45, 2.75) is 32.7 Å². The van der Waals surface area contributed by atoms with Crippen molar-refractivity contribution in [3.8, 4) is 11.1 Å². The van der Waals surface area contributed by atoms with Gasteiger partial charge >= 0.3 is 0 Å². The second-order valence-corrected chi connectivity index (χ2v) is 9.37. The van der Waals surface area contributed by atoms with Crippen molar-refractivity contribution in [2.75, 3.05) is 5.32 Å². The Morgan fingerprint density at radius 3 is 2.11 bits per heavy atom. The summed E-state index contributed by atoms with van der Waals surface area (Å²) in [6, 6.07) is 17.9. The van der Waals surface area contributed by atoms with Gasteiger partial charge in [0.2, 0.25) is 0 Å². The molecular weight excluding hydrogens is 446 g/mol. The molecule has 0 spiro atoms. The van der Waals surface area contributed by atoms with Gasteiger partial charge in [-0.15, -0.1) is 0 Å². The largest absolute Gasteiger partial charge is 0.379 e. The Bertz CT molecular complexity index is 1320. The highest BCUT2D eigenvalue weighted by Crippen LogP contribution is 2.31. The van der Waals surface area contributed by atoms with Gasteiger partial charge in [0.25, 0.3) is 0 Å². The Kier molecular flexibility index (Phi) is 8.94. The fraction of sp³-hybridized carbons (Fsp3) is 0.167. The molecule has 2 atom stereocenters. The van der Waals surface area contributed by atoms with Crippen LogP contribution in [-0.2, 0) is 0 Å². The van der Waals surface area contributed by atoms with E-state index in [9.17, 15) is 0 Å². The summed E-state index contributed by atoms with van der Waals surface area (Å²) in [7, 11) is 0. The number of benzene rings is 2. The molecule has 0 amide bonds. The predicted octanol–water partition coefficient (Wildman–Crippen LogP) is 9.80. The first kappa shape index (κ1) is 26.0. The minimum atomic E-state index is 0.307. The number of anilines is 1. The third-order valence-electron chi connectivity index (χ3n) is 6.95. The van der Waals surface area contributed by atoms with Crippen LogP contribution in [0.3, 0.4) is 0 Å². The molecule has 1 nitrogen and oxygen atoms in total. The van der Waals surface area contributed by atoms with Gasteiger partial charge < -0.3 is 5.32 Å². The Morgan fingerprint density at radius 1 is 0.838 bits per heavy atom. The topological polar surface area (TPSA) is 12.0 Å². The van der Waals surface area contributed by atoms with Gasteiger partial charge in [-0.1, -0.05) is 122 Å². The van der Waals surface area contributed by atoms with E-state index in [1.165, 1.54) is 33.4 Å². The van der Waals surface area contributed by atoms with E-state index in [4.69, 9.17) is 0 Å². The predicted molar refractivity (Wildman–Crippen MR) is 163 cm³/mol. The summed E-state index contributed by atoms with van der Waals surface area (Å²) in [6.07, 6.45) is 27.9. The molecule has 2 aromatic carbocycles. The van der Waals surface area contributed by atoms with E-state index >= 15 is 0 Å². The molecule has 0 saturated carbocycles. The molecule has 0 aromatic heterocycles. The van der Waals surface area contributed by atoms with Crippen LogP contribution in [0.5, 0.6) is 0 Å². The Hall–Kier alpha value is -4.10. The number of hydrogen-bond acceptors (Lipinski definition) is 1. The van der Waals surface area contributed by atoms with Gasteiger partial charge in [-0.05, 0) is 77.8 Å². The standard InChI is InChI=1S/C36H37N/c1-5-9-27(7-3)29-11-15-31(16-12-29)33-19-23-35(24-20-33)37-36-25-21-34(22-26-36)32-17-13-30(14-18-32)28(8-4)10-6-2/h5-15,17-23,25-26,31,35,37H,1,3,16,24H2,2,4H3/b10-6-,27-9+,28-8+. The monoisotopic (exact) mass is 483 g/mol. The fourth-order valence-electron chi connectivity index (χ4n) is 4.88. The first-order chi connectivity index (χ1) is 18.1. The highest BCUT2D eigenvalue weighted by atomic mass is 14.9. The molecule has 1 heteroatoms. The molecule has 37 heavy (non-hydrogen) atoms. The molecular formula is C36H37N. The number of hydrogen-bond donors (Lipinski definition) is 1. The molecule has 0 radical (unpaired) electrons. The lowest BCUT2D eigenvalue weighted by atomic mass is 9.85. The van der Waals surface area contributed by atoms with Gasteiger partial charge in [-0.3, -0.25) is 0 Å². The van der Waals surface area contributed by atoms with E-state index in [1.54, 1.807) is 0 Å². The Balaban J connectivity index is 1.33. The average molecular weight is 484 g/mol. The smallest absolute Gasteiger partial charge is 0.0482 e. The van der Waals surface area contributed by atoms with Crippen molar-refractivity contribution >= 4 is 11.3 Å². The second-order valence-electron chi connectivity index (χ2n) is 9.37. The van der Waals surface area contributed by atoms with E-state index in [2.05, 4.69) is 136 Å². The minimum absolute atomic E-state index is 0.307. The molecule has 0 bridgehead atoms. The molecule has 0 fully saturated rings. The lowest BCUT2D eigenvalue weighted by Gasteiger charge is -2.23. The molecule has 2 unspecified atom stereocenters. The third-order valence-corrected chi connectivity index (χ3v) is 6.95. The summed E-state index contributed by atoms with van der Waals surface area (Å²) in [5.74, 6) is 0.434. The van der Waals surface area contributed by atoms with Gasteiger partial charge in [0.05, 0.1) is 0 Å². The molecule has 0 heterocycles. The van der Waals surface area contributed by atoms with E-state index in [-0.39, 0.29) is 0 Å². The van der Waals surface area contributed by atoms with Crippen molar-refractivity contribution in [2.24, 2.45) is 5.92 Å². The van der Waals surface area contributed by atoms with Crippen molar-refractivity contribution in [1.82, 2.24) is 0 Å². The van der Waals surface area contributed by atoms with Crippen molar-refractivity contribution in [3.05, 3.63) is 157 Å². The zero-order valence-corrected chi connectivity index (χ0v) is 22.0. The van der Waals surface area contributed by atoms with Gasteiger partial charge in [0.1, 0.15) is 0 Å². The number of rotatable bonds is 9. The summed E-state index contributed by atoms with van der Waals surface area (Å²) in [5.41, 5.74) is 9.83. The summed E-state index contributed by atoms with van der Waals surface area (Å²) < 4.78 is 0. The van der Waals surface area contributed by atoms with Crippen LogP contribution in [0.1, 0.15) is 32.3 Å². The molecule has 2 aliphatic carbocycles. The van der Waals surface area contributed by atoms with Crippen LogP contribution in [0.15, 0.2) is 151 Å². The maximum atomic E-state index is 3.92. The van der Waals surface area contributed by atoms with E-state index in [0.29, 0.717) is 12.0 Å². The molecule has 0 aliphatic heterocycles. The highest BCUT2D eigenvalue weighted by molar-refractivity contribution is 5.76. The van der Waals surface area contributed by atoms with Crippen LogP contribution < -0.4 is 5.32 Å². The average Bonchev–Trinajstić information content (AvgIpc) is 2.96. The van der Waals surface area contributed by atoms with Crippen LogP contribution in [0.25, 0.3) is 16.7 Å². The van der Waals surface area contributed by atoms with E-state index < -0.39 is 0 Å². The van der Waals surface area contributed by atoms with Gasteiger partial charge in [0, 0.05) is 17.6 Å². The van der Waals surface area contributed by atoms with Crippen molar-refractivity contribution in [1.29, 1.82) is 0 Å². The molecule has 0 saturated heterocycles. The van der Waals surface area contributed by atoms with Crippen LogP contribution in [0, 0.1) is 5.92 Å². The maximum absolute atomic E-state index is 3.92. The second kappa shape index (κ2) is 12.7. The number of allylic oxidation sites excluding steroid dienone is 14. The highest BCUT2D eigenvalue weighted by Gasteiger charge is 2.16. The van der Waals surface area contributed by atoms with E-state index in [0.717, 1.165) is 24.1 Å².